The monoisotopic (exact) mass is 202 g/mol. The molecule has 0 bridgehead atoms. The van der Waals surface area contributed by atoms with Gasteiger partial charge in [-0.1, -0.05) is 24.8 Å². The van der Waals surface area contributed by atoms with Gasteiger partial charge in [-0.3, -0.25) is 4.79 Å². The topological polar surface area (TPSA) is 41.1 Å². The van der Waals surface area contributed by atoms with Crippen molar-refractivity contribution in [1.82, 2.24) is 10.6 Å². The standard InChI is InChI=1S/C12H14N2O/c1-8(12(15)13-2)10-5-3-4-9-6-14-7-11(9)10/h3-5,14H,1,6-7H2,2H3,(H,13,15). The number of benzene rings is 1. The van der Waals surface area contributed by atoms with Gasteiger partial charge in [0.15, 0.2) is 0 Å². The lowest BCUT2D eigenvalue weighted by atomic mass is 9.97. The zero-order valence-corrected chi connectivity index (χ0v) is 8.76. The van der Waals surface area contributed by atoms with Crippen LogP contribution in [0.15, 0.2) is 24.8 Å². The number of carbonyl (C=O) groups excluding carboxylic acids is 1. The van der Waals surface area contributed by atoms with Crippen molar-refractivity contribution >= 4 is 11.5 Å². The second kappa shape index (κ2) is 3.87. The lowest BCUT2D eigenvalue weighted by molar-refractivity contribution is -0.115. The van der Waals surface area contributed by atoms with Crippen molar-refractivity contribution in [3.63, 3.8) is 0 Å². The largest absolute Gasteiger partial charge is 0.355 e. The average molecular weight is 202 g/mol. The molecular formula is C12H14N2O. The summed E-state index contributed by atoms with van der Waals surface area (Å²) in [5, 5.41) is 5.86. The van der Waals surface area contributed by atoms with E-state index >= 15 is 0 Å². The number of hydrogen-bond donors (Lipinski definition) is 2. The Kier molecular flexibility index (Phi) is 2.56. The third-order valence-corrected chi connectivity index (χ3v) is 2.72. The Hall–Kier alpha value is -1.61. The van der Waals surface area contributed by atoms with E-state index < -0.39 is 0 Å². The Morgan fingerprint density at radius 2 is 2.27 bits per heavy atom. The van der Waals surface area contributed by atoms with Crippen LogP contribution in [0.1, 0.15) is 16.7 Å². The van der Waals surface area contributed by atoms with Crippen LogP contribution in [0.2, 0.25) is 0 Å². The van der Waals surface area contributed by atoms with Crippen LogP contribution < -0.4 is 10.6 Å². The maximum atomic E-state index is 11.5. The molecule has 0 radical (unpaired) electrons. The van der Waals surface area contributed by atoms with E-state index in [1.54, 1.807) is 7.05 Å². The summed E-state index contributed by atoms with van der Waals surface area (Å²) in [4.78, 5) is 11.5. The lowest BCUT2D eigenvalue weighted by Gasteiger charge is -2.09. The smallest absolute Gasteiger partial charge is 0.251 e. The van der Waals surface area contributed by atoms with Gasteiger partial charge in [0.1, 0.15) is 0 Å². The number of fused-ring (bicyclic) bond motifs is 1. The summed E-state index contributed by atoms with van der Waals surface area (Å²) in [6.07, 6.45) is 0. The molecule has 3 nitrogen and oxygen atoms in total. The number of rotatable bonds is 2. The molecule has 78 valence electrons. The van der Waals surface area contributed by atoms with Crippen molar-refractivity contribution in [3.8, 4) is 0 Å². The van der Waals surface area contributed by atoms with E-state index in [2.05, 4.69) is 23.3 Å². The molecule has 0 saturated carbocycles. The molecule has 2 rings (SSSR count). The molecule has 1 aliphatic heterocycles. The Balaban J connectivity index is 2.41. The van der Waals surface area contributed by atoms with Gasteiger partial charge < -0.3 is 10.6 Å². The normalized spacial score (nSPS) is 13.4. The first-order valence-electron chi connectivity index (χ1n) is 4.97. The minimum atomic E-state index is -0.115. The van der Waals surface area contributed by atoms with E-state index in [-0.39, 0.29) is 5.91 Å². The van der Waals surface area contributed by atoms with E-state index in [0.29, 0.717) is 5.57 Å². The molecule has 0 spiro atoms. The molecular weight excluding hydrogens is 188 g/mol. The molecule has 0 atom stereocenters. The maximum absolute atomic E-state index is 11.5. The molecule has 1 heterocycles. The van der Waals surface area contributed by atoms with Gasteiger partial charge in [0.25, 0.3) is 5.91 Å². The quantitative estimate of drug-likeness (QED) is 0.704. The SMILES string of the molecule is C=C(C(=O)NC)c1cccc2c1CNC2. The molecule has 1 aromatic rings. The predicted octanol–water partition coefficient (Wildman–Crippen LogP) is 1.05. The first-order valence-corrected chi connectivity index (χ1v) is 4.97. The van der Waals surface area contributed by atoms with Gasteiger partial charge in [-0.2, -0.15) is 0 Å². The van der Waals surface area contributed by atoms with E-state index in [1.165, 1.54) is 11.1 Å². The molecule has 0 aromatic heterocycles. The first kappa shape index (κ1) is 9.93. The Bertz CT molecular complexity index is 424. The number of carbonyl (C=O) groups is 1. The van der Waals surface area contributed by atoms with Crippen LogP contribution in [0.5, 0.6) is 0 Å². The number of nitrogens with one attached hydrogen (secondary N) is 2. The van der Waals surface area contributed by atoms with Gasteiger partial charge in [0.2, 0.25) is 0 Å². The van der Waals surface area contributed by atoms with Gasteiger partial charge in [-0.15, -0.1) is 0 Å². The van der Waals surface area contributed by atoms with Crippen molar-refractivity contribution < 1.29 is 4.79 Å². The van der Waals surface area contributed by atoms with Crippen LogP contribution in [-0.4, -0.2) is 13.0 Å². The summed E-state index contributed by atoms with van der Waals surface area (Å²) in [5.74, 6) is -0.115. The fourth-order valence-electron chi connectivity index (χ4n) is 1.89. The molecule has 1 aromatic carbocycles. The molecule has 1 aliphatic rings. The highest BCUT2D eigenvalue weighted by atomic mass is 16.1. The van der Waals surface area contributed by atoms with Gasteiger partial charge in [0.05, 0.1) is 0 Å². The molecule has 2 N–H and O–H groups in total. The highest BCUT2D eigenvalue weighted by molar-refractivity contribution is 6.19. The molecule has 0 unspecified atom stereocenters. The molecule has 0 saturated heterocycles. The van der Waals surface area contributed by atoms with Crippen molar-refractivity contribution in [2.75, 3.05) is 7.05 Å². The molecule has 15 heavy (non-hydrogen) atoms. The third-order valence-electron chi connectivity index (χ3n) is 2.72. The van der Waals surface area contributed by atoms with E-state index in [1.807, 2.05) is 12.1 Å². The zero-order chi connectivity index (χ0) is 10.8. The summed E-state index contributed by atoms with van der Waals surface area (Å²) < 4.78 is 0. The summed E-state index contributed by atoms with van der Waals surface area (Å²) in [6.45, 7) is 5.53. The van der Waals surface area contributed by atoms with E-state index in [4.69, 9.17) is 0 Å². The van der Waals surface area contributed by atoms with Crippen molar-refractivity contribution in [1.29, 1.82) is 0 Å². The maximum Gasteiger partial charge on any atom is 0.251 e. The van der Waals surface area contributed by atoms with Crippen LogP contribution in [0, 0.1) is 0 Å². The Morgan fingerprint density at radius 3 is 3.00 bits per heavy atom. The van der Waals surface area contributed by atoms with Gasteiger partial charge in [-0.25, -0.2) is 0 Å². The first-order chi connectivity index (χ1) is 7.24. The van der Waals surface area contributed by atoms with Crippen molar-refractivity contribution in [3.05, 3.63) is 41.5 Å². The van der Waals surface area contributed by atoms with Crippen LogP contribution in [0.3, 0.4) is 0 Å². The molecule has 0 aliphatic carbocycles. The van der Waals surface area contributed by atoms with Crippen LogP contribution in [-0.2, 0) is 17.9 Å². The summed E-state index contributed by atoms with van der Waals surface area (Å²) in [6, 6.07) is 5.99. The Labute approximate surface area is 89.2 Å². The number of likely N-dealkylation sites (N-methyl/N-ethyl adjacent to an activating group) is 1. The fraction of sp³-hybridized carbons (Fsp3) is 0.250. The number of amides is 1. The molecule has 1 amide bonds. The summed E-state index contributed by atoms with van der Waals surface area (Å²) in [7, 11) is 1.62. The van der Waals surface area contributed by atoms with Crippen molar-refractivity contribution in [2.45, 2.75) is 13.1 Å². The van der Waals surface area contributed by atoms with Gasteiger partial charge in [0, 0.05) is 25.7 Å². The number of hydrogen-bond acceptors (Lipinski definition) is 2. The summed E-state index contributed by atoms with van der Waals surface area (Å²) >= 11 is 0. The minimum Gasteiger partial charge on any atom is -0.355 e. The van der Waals surface area contributed by atoms with Crippen LogP contribution >= 0.6 is 0 Å². The minimum absolute atomic E-state index is 0.115. The second-order valence-corrected chi connectivity index (χ2v) is 3.60. The highest BCUT2D eigenvalue weighted by Gasteiger charge is 2.17. The van der Waals surface area contributed by atoms with Crippen molar-refractivity contribution in [2.24, 2.45) is 0 Å². The summed E-state index contributed by atoms with van der Waals surface area (Å²) in [5.41, 5.74) is 3.96. The molecule has 0 fully saturated rings. The van der Waals surface area contributed by atoms with Gasteiger partial charge >= 0.3 is 0 Å². The Morgan fingerprint density at radius 1 is 1.47 bits per heavy atom. The van der Waals surface area contributed by atoms with Gasteiger partial charge in [-0.05, 0) is 16.7 Å². The van der Waals surface area contributed by atoms with E-state index in [0.717, 1.165) is 18.7 Å². The average Bonchev–Trinajstić information content (AvgIpc) is 2.74. The third kappa shape index (κ3) is 1.66. The predicted molar refractivity (Wildman–Crippen MR) is 60.1 cm³/mol. The molecule has 3 heteroatoms. The zero-order valence-electron chi connectivity index (χ0n) is 8.76. The second-order valence-electron chi connectivity index (χ2n) is 3.60. The van der Waals surface area contributed by atoms with Crippen LogP contribution in [0.4, 0.5) is 0 Å². The van der Waals surface area contributed by atoms with E-state index in [9.17, 15) is 4.79 Å². The fourth-order valence-corrected chi connectivity index (χ4v) is 1.89. The lowest BCUT2D eigenvalue weighted by Crippen LogP contribution is -2.19. The highest BCUT2D eigenvalue weighted by Crippen LogP contribution is 2.24. The van der Waals surface area contributed by atoms with Crippen LogP contribution in [0.25, 0.3) is 5.57 Å².